The standard InChI is InChI=1S/C19H19NO3/c1-12(14-7-5-4-6-8-14)20-19(21)18-13(2)23-17-10-9-15(22-3)11-16(17)18/h4-12H,1-3H3,(H,20,21). The average molecular weight is 309 g/mol. The van der Waals surface area contributed by atoms with Crippen molar-refractivity contribution in [2.24, 2.45) is 0 Å². The van der Waals surface area contributed by atoms with Gasteiger partial charge in [0.15, 0.2) is 0 Å². The Kier molecular flexibility index (Phi) is 4.06. The molecule has 1 heterocycles. The molecule has 1 unspecified atom stereocenters. The van der Waals surface area contributed by atoms with Crippen LogP contribution in [0.3, 0.4) is 0 Å². The van der Waals surface area contributed by atoms with Crippen LogP contribution in [0.25, 0.3) is 11.0 Å². The van der Waals surface area contributed by atoms with Crippen LogP contribution in [-0.2, 0) is 0 Å². The summed E-state index contributed by atoms with van der Waals surface area (Å²) in [6, 6.07) is 15.2. The van der Waals surface area contributed by atoms with Crippen molar-refractivity contribution in [2.45, 2.75) is 19.9 Å². The van der Waals surface area contributed by atoms with Crippen molar-refractivity contribution < 1.29 is 13.9 Å². The quantitative estimate of drug-likeness (QED) is 0.784. The van der Waals surface area contributed by atoms with Gasteiger partial charge in [0.25, 0.3) is 5.91 Å². The third-order valence-electron chi connectivity index (χ3n) is 3.95. The van der Waals surface area contributed by atoms with Gasteiger partial charge < -0.3 is 14.5 Å². The van der Waals surface area contributed by atoms with Crippen LogP contribution < -0.4 is 10.1 Å². The van der Waals surface area contributed by atoms with Crippen molar-refractivity contribution in [2.75, 3.05) is 7.11 Å². The fraction of sp³-hybridized carbons (Fsp3) is 0.211. The minimum Gasteiger partial charge on any atom is -0.497 e. The van der Waals surface area contributed by atoms with E-state index < -0.39 is 0 Å². The summed E-state index contributed by atoms with van der Waals surface area (Å²) in [6.45, 7) is 3.76. The van der Waals surface area contributed by atoms with Gasteiger partial charge in [0.05, 0.1) is 18.7 Å². The molecule has 0 aliphatic rings. The van der Waals surface area contributed by atoms with Crippen molar-refractivity contribution in [3.63, 3.8) is 0 Å². The first-order valence-electron chi connectivity index (χ1n) is 7.53. The number of benzene rings is 2. The largest absolute Gasteiger partial charge is 0.497 e. The monoisotopic (exact) mass is 309 g/mol. The summed E-state index contributed by atoms with van der Waals surface area (Å²) >= 11 is 0. The Morgan fingerprint density at radius 1 is 1.17 bits per heavy atom. The number of hydrogen-bond donors (Lipinski definition) is 1. The number of carbonyl (C=O) groups is 1. The maximum absolute atomic E-state index is 12.7. The molecule has 1 amide bonds. The molecule has 0 saturated heterocycles. The van der Waals surface area contributed by atoms with E-state index in [9.17, 15) is 4.79 Å². The summed E-state index contributed by atoms with van der Waals surface area (Å²) in [5.41, 5.74) is 2.30. The molecule has 118 valence electrons. The Hall–Kier alpha value is -2.75. The molecule has 0 aliphatic carbocycles. The lowest BCUT2D eigenvalue weighted by molar-refractivity contribution is 0.0940. The van der Waals surface area contributed by atoms with Crippen LogP contribution in [0.4, 0.5) is 0 Å². The number of carbonyl (C=O) groups excluding carboxylic acids is 1. The van der Waals surface area contributed by atoms with Gasteiger partial charge in [0.2, 0.25) is 0 Å². The lowest BCUT2D eigenvalue weighted by Gasteiger charge is -2.14. The summed E-state index contributed by atoms with van der Waals surface area (Å²) in [4.78, 5) is 12.7. The minimum absolute atomic E-state index is 0.0846. The molecule has 0 radical (unpaired) electrons. The summed E-state index contributed by atoms with van der Waals surface area (Å²) in [5.74, 6) is 1.15. The van der Waals surface area contributed by atoms with Crippen LogP contribution in [0.5, 0.6) is 5.75 Å². The van der Waals surface area contributed by atoms with E-state index in [-0.39, 0.29) is 11.9 Å². The topological polar surface area (TPSA) is 51.5 Å². The Balaban J connectivity index is 1.93. The molecule has 0 aliphatic heterocycles. The normalized spacial score (nSPS) is 12.1. The van der Waals surface area contributed by atoms with E-state index in [1.807, 2.05) is 55.5 Å². The molecule has 4 nitrogen and oxygen atoms in total. The van der Waals surface area contributed by atoms with E-state index in [0.717, 1.165) is 10.9 Å². The first-order chi connectivity index (χ1) is 11.1. The fourth-order valence-corrected chi connectivity index (χ4v) is 2.70. The number of hydrogen-bond acceptors (Lipinski definition) is 3. The van der Waals surface area contributed by atoms with Gasteiger partial charge in [0, 0.05) is 5.39 Å². The smallest absolute Gasteiger partial charge is 0.255 e. The third kappa shape index (κ3) is 2.93. The van der Waals surface area contributed by atoms with E-state index in [0.29, 0.717) is 22.7 Å². The average Bonchev–Trinajstić information content (AvgIpc) is 2.90. The molecule has 3 rings (SSSR count). The van der Waals surface area contributed by atoms with Crippen molar-refractivity contribution in [1.82, 2.24) is 5.32 Å². The zero-order valence-electron chi connectivity index (χ0n) is 13.4. The van der Waals surface area contributed by atoms with Gasteiger partial charge in [-0.1, -0.05) is 30.3 Å². The van der Waals surface area contributed by atoms with Crippen LogP contribution in [0.2, 0.25) is 0 Å². The fourth-order valence-electron chi connectivity index (χ4n) is 2.70. The van der Waals surface area contributed by atoms with Gasteiger partial charge in [0.1, 0.15) is 17.1 Å². The Morgan fingerprint density at radius 2 is 1.91 bits per heavy atom. The highest BCUT2D eigenvalue weighted by molar-refractivity contribution is 6.07. The molecule has 1 aromatic heterocycles. The number of aryl methyl sites for hydroxylation is 1. The van der Waals surface area contributed by atoms with Crippen molar-refractivity contribution in [3.05, 3.63) is 65.4 Å². The molecule has 1 atom stereocenters. The molecule has 23 heavy (non-hydrogen) atoms. The van der Waals surface area contributed by atoms with Crippen LogP contribution >= 0.6 is 0 Å². The Morgan fingerprint density at radius 3 is 2.61 bits per heavy atom. The zero-order valence-corrected chi connectivity index (χ0v) is 13.4. The molecule has 1 N–H and O–H groups in total. The number of amides is 1. The predicted molar refractivity (Wildman–Crippen MR) is 89.8 cm³/mol. The summed E-state index contributed by atoms with van der Waals surface area (Å²) in [5, 5.41) is 3.79. The number of rotatable bonds is 4. The van der Waals surface area contributed by atoms with E-state index >= 15 is 0 Å². The van der Waals surface area contributed by atoms with Gasteiger partial charge in [-0.2, -0.15) is 0 Å². The molecule has 0 bridgehead atoms. The third-order valence-corrected chi connectivity index (χ3v) is 3.95. The second kappa shape index (κ2) is 6.16. The van der Waals surface area contributed by atoms with Crippen molar-refractivity contribution >= 4 is 16.9 Å². The predicted octanol–water partition coefficient (Wildman–Crippen LogP) is 4.24. The highest BCUT2D eigenvalue weighted by Crippen LogP contribution is 2.29. The molecular weight excluding hydrogens is 290 g/mol. The molecule has 3 aromatic rings. The van der Waals surface area contributed by atoms with E-state index in [1.54, 1.807) is 14.0 Å². The van der Waals surface area contributed by atoms with Gasteiger partial charge in [-0.05, 0) is 37.6 Å². The first-order valence-corrected chi connectivity index (χ1v) is 7.53. The molecule has 0 spiro atoms. The highest BCUT2D eigenvalue weighted by Gasteiger charge is 2.20. The van der Waals surface area contributed by atoms with Crippen LogP contribution in [-0.4, -0.2) is 13.0 Å². The van der Waals surface area contributed by atoms with E-state index in [2.05, 4.69) is 5.32 Å². The minimum atomic E-state index is -0.147. The van der Waals surface area contributed by atoms with Gasteiger partial charge in [-0.15, -0.1) is 0 Å². The maximum atomic E-state index is 12.7. The second-order valence-corrected chi connectivity index (χ2v) is 5.50. The molecule has 0 saturated carbocycles. The van der Waals surface area contributed by atoms with E-state index in [4.69, 9.17) is 9.15 Å². The van der Waals surface area contributed by atoms with Crippen molar-refractivity contribution in [3.8, 4) is 5.75 Å². The zero-order chi connectivity index (χ0) is 16.4. The number of fused-ring (bicyclic) bond motifs is 1. The van der Waals surface area contributed by atoms with Gasteiger partial charge in [-0.25, -0.2) is 0 Å². The van der Waals surface area contributed by atoms with Crippen LogP contribution in [0.15, 0.2) is 52.9 Å². The SMILES string of the molecule is COc1ccc2oc(C)c(C(=O)NC(C)c3ccccc3)c2c1. The molecule has 2 aromatic carbocycles. The Bertz CT molecular complexity index is 836. The van der Waals surface area contributed by atoms with Crippen molar-refractivity contribution in [1.29, 1.82) is 0 Å². The van der Waals surface area contributed by atoms with E-state index in [1.165, 1.54) is 0 Å². The maximum Gasteiger partial charge on any atom is 0.255 e. The number of ether oxygens (including phenoxy) is 1. The number of furan rings is 1. The first kappa shape index (κ1) is 15.2. The summed E-state index contributed by atoms with van der Waals surface area (Å²) in [6.07, 6.45) is 0. The lowest BCUT2D eigenvalue weighted by atomic mass is 10.1. The molecule has 4 heteroatoms. The van der Waals surface area contributed by atoms with Crippen LogP contribution in [0.1, 0.15) is 34.6 Å². The van der Waals surface area contributed by atoms with Gasteiger partial charge >= 0.3 is 0 Å². The lowest BCUT2D eigenvalue weighted by Crippen LogP contribution is -2.26. The number of methoxy groups -OCH3 is 1. The summed E-state index contributed by atoms with van der Waals surface area (Å²) < 4.78 is 10.9. The molecule has 0 fully saturated rings. The van der Waals surface area contributed by atoms with Gasteiger partial charge in [-0.3, -0.25) is 4.79 Å². The second-order valence-electron chi connectivity index (χ2n) is 5.50. The number of nitrogens with one attached hydrogen (secondary N) is 1. The summed E-state index contributed by atoms with van der Waals surface area (Å²) in [7, 11) is 1.60. The Labute approximate surface area is 135 Å². The van der Waals surface area contributed by atoms with Crippen LogP contribution in [0, 0.1) is 6.92 Å². The molecular formula is C19H19NO3. The highest BCUT2D eigenvalue weighted by atomic mass is 16.5.